The van der Waals surface area contributed by atoms with Gasteiger partial charge in [0, 0.05) is 15.9 Å². The molecule has 0 heterocycles. The normalized spacial score (nSPS) is 11.0. The number of benzene rings is 2. The predicted octanol–water partition coefficient (Wildman–Crippen LogP) is 3.29. The number of halogens is 1. The summed E-state index contributed by atoms with van der Waals surface area (Å²) in [5.74, 6) is -0.910. The molecule has 0 aliphatic carbocycles. The lowest BCUT2D eigenvalue weighted by Crippen LogP contribution is -2.21. The van der Waals surface area contributed by atoms with Crippen molar-refractivity contribution < 1.29 is 14.7 Å². The molecule has 3 N–H and O–H groups in total. The van der Waals surface area contributed by atoms with Crippen molar-refractivity contribution in [2.75, 3.05) is 5.32 Å². The molecule has 2 aromatic carbocycles. The molecule has 0 unspecified atom stereocenters. The highest BCUT2D eigenvalue weighted by atomic mass is 79.9. The highest BCUT2D eigenvalue weighted by Gasteiger charge is 2.10. The maximum absolute atomic E-state index is 11.9. The summed E-state index contributed by atoms with van der Waals surface area (Å²) in [6, 6.07) is 13.3. The third-order valence-corrected chi connectivity index (χ3v) is 3.57. The number of aromatic hydroxyl groups is 1. The van der Waals surface area contributed by atoms with Gasteiger partial charge in [-0.1, -0.05) is 28.1 Å². The monoisotopic (exact) mass is 389 g/mol. The number of hydrogen-bond acceptors (Lipinski definition) is 4. The van der Waals surface area contributed by atoms with Crippen LogP contribution >= 0.6 is 15.9 Å². The van der Waals surface area contributed by atoms with Gasteiger partial charge in [0.1, 0.15) is 5.75 Å². The summed E-state index contributed by atoms with van der Waals surface area (Å²) in [5.41, 5.74) is 3.55. The zero-order valence-corrected chi connectivity index (χ0v) is 14.5. The van der Waals surface area contributed by atoms with Crippen LogP contribution in [-0.2, 0) is 4.79 Å². The molecule has 0 aliphatic rings. The van der Waals surface area contributed by atoms with Crippen LogP contribution in [0.2, 0.25) is 0 Å². The molecule has 0 atom stereocenters. The molecule has 2 aromatic rings. The molecule has 0 fully saturated rings. The van der Waals surface area contributed by atoms with Crippen LogP contribution in [0.5, 0.6) is 5.75 Å². The zero-order chi connectivity index (χ0) is 17.5. The molecule has 0 bridgehead atoms. The number of phenols is 1. The van der Waals surface area contributed by atoms with Crippen molar-refractivity contribution in [2.45, 2.75) is 13.3 Å². The highest BCUT2D eigenvalue weighted by Crippen LogP contribution is 2.15. The number of anilines is 1. The lowest BCUT2D eigenvalue weighted by molar-refractivity contribution is -0.115. The topological polar surface area (TPSA) is 90.8 Å². The maximum atomic E-state index is 11.9. The van der Waals surface area contributed by atoms with Crippen molar-refractivity contribution >= 4 is 39.1 Å². The summed E-state index contributed by atoms with van der Waals surface area (Å²) < 4.78 is 0.921. The number of rotatable bonds is 5. The number of nitrogens with one attached hydrogen (secondary N) is 2. The van der Waals surface area contributed by atoms with Gasteiger partial charge >= 0.3 is 0 Å². The van der Waals surface area contributed by atoms with Crippen molar-refractivity contribution in [1.82, 2.24) is 5.43 Å². The molecular weight excluding hydrogens is 374 g/mol. The molecule has 124 valence electrons. The summed E-state index contributed by atoms with van der Waals surface area (Å²) in [7, 11) is 0. The van der Waals surface area contributed by atoms with Gasteiger partial charge in [-0.15, -0.1) is 0 Å². The van der Waals surface area contributed by atoms with Crippen LogP contribution in [0.4, 0.5) is 5.69 Å². The van der Waals surface area contributed by atoms with Crippen molar-refractivity contribution in [2.24, 2.45) is 5.10 Å². The number of carbonyl (C=O) groups is 2. The van der Waals surface area contributed by atoms with E-state index in [2.05, 4.69) is 31.8 Å². The Labute approximate surface area is 147 Å². The average molecular weight is 390 g/mol. The van der Waals surface area contributed by atoms with Gasteiger partial charge in [-0.25, -0.2) is 5.43 Å². The number of phenolic OH excluding ortho intramolecular Hbond substituents is 1. The number of hydrogen-bond donors (Lipinski definition) is 3. The molecule has 0 aromatic heterocycles. The fourth-order valence-electron chi connectivity index (χ4n) is 1.88. The summed E-state index contributed by atoms with van der Waals surface area (Å²) >= 11 is 3.32. The van der Waals surface area contributed by atoms with E-state index in [0.717, 1.165) is 4.47 Å². The van der Waals surface area contributed by atoms with Crippen LogP contribution in [0, 0.1) is 0 Å². The number of para-hydroxylation sites is 1. The summed E-state index contributed by atoms with van der Waals surface area (Å²) in [6.07, 6.45) is 0.0388. The van der Waals surface area contributed by atoms with Crippen molar-refractivity contribution in [1.29, 1.82) is 0 Å². The molecule has 0 saturated heterocycles. The van der Waals surface area contributed by atoms with Gasteiger partial charge in [0.25, 0.3) is 5.91 Å². The predicted molar refractivity (Wildman–Crippen MR) is 96.1 cm³/mol. The third kappa shape index (κ3) is 5.20. The molecular formula is C17H16BrN3O3. The summed E-state index contributed by atoms with van der Waals surface area (Å²) in [6.45, 7) is 1.63. The zero-order valence-electron chi connectivity index (χ0n) is 12.9. The van der Waals surface area contributed by atoms with E-state index in [4.69, 9.17) is 0 Å². The largest absolute Gasteiger partial charge is 0.507 e. The van der Waals surface area contributed by atoms with E-state index in [1.807, 2.05) is 12.1 Å². The Morgan fingerprint density at radius 3 is 2.46 bits per heavy atom. The molecule has 0 spiro atoms. The van der Waals surface area contributed by atoms with Gasteiger partial charge in [-0.3, -0.25) is 9.59 Å². The lowest BCUT2D eigenvalue weighted by Gasteiger charge is -2.06. The van der Waals surface area contributed by atoms with Crippen LogP contribution in [-0.4, -0.2) is 22.6 Å². The van der Waals surface area contributed by atoms with Crippen molar-refractivity contribution in [3.05, 3.63) is 58.6 Å². The van der Waals surface area contributed by atoms with E-state index in [1.54, 1.807) is 31.2 Å². The number of hydrazone groups is 1. The number of amides is 2. The fraction of sp³-hybridized carbons (Fsp3) is 0.118. The Hall–Kier alpha value is -2.67. The lowest BCUT2D eigenvalue weighted by atomic mass is 10.2. The molecule has 7 heteroatoms. The first-order chi connectivity index (χ1) is 11.5. The van der Waals surface area contributed by atoms with Crippen LogP contribution < -0.4 is 10.7 Å². The third-order valence-electron chi connectivity index (χ3n) is 3.04. The van der Waals surface area contributed by atoms with Crippen LogP contribution in [0.1, 0.15) is 23.7 Å². The minimum atomic E-state index is -0.541. The second-order valence-electron chi connectivity index (χ2n) is 5.04. The second kappa shape index (κ2) is 8.26. The van der Waals surface area contributed by atoms with E-state index in [0.29, 0.717) is 11.4 Å². The number of carbonyl (C=O) groups excluding carboxylic acids is 2. The van der Waals surface area contributed by atoms with Gasteiger partial charge in [-0.05, 0) is 43.3 Å². The Bertz CT molecular complexity index is 773. The van der Waals surface area contributed by atoms with Crippen molar-refractivity contribution in [3.63, 3.8) is 0 Å². The fourth-order valence-corrected chi connectivity index (χ4v) is 2.15. The first kappa shape index (κ1) is 17.7. The van der Waals surface area contributed by atoms with E-state index in [-0.39, 0.29) is 23.6 Å². The van der Waals surface area contributed by atoms with E-state index < -0.39 is 5.91 Å². The van der Waals surface area contributed by atoms with Gasteiger partial charge < -0.3 is 10.4 Å². The molecule has 2 amide bonds. The molecule has 0 saturated carbocycles. The highest BCUT2D eigenvalue weighted by molar-refractivity contribution is 9.10. The smallest absolute Gasteiger partial charge is 0.275 e. The summed E-state index contributed by atoms with van der Waals surface area (Å²) in [4.78, 5) is 23.8. The van der Waals surface area contributed by atoms with Crippen LogP contribution in [0.3, 0.4) is 0 Å². The second-order valence-corrected chi connectivity index (χ2v) is 5.95. The molecule has 24 heavy (non-hydrogen) atoms. The molecule has 6 nitrogen and oxygen atoms in total. The Morgan fingerprint density at radius 2 is 1.79 bits per heavy atom. The van der Waals surface area contributed by atoms with Gasteiger partial charge in [0.2, 0.25) is 5.91 Å². The van der Waals surface area contributed by atoms with Crippen LogP contribution in [0.25, 0.3) is 0 Å². The van der Waals surface area contributed by atoms with E-state index in [9.17, 15) is 14.7 Å². The van der Waals surface area contributed by atoms with E-state index >= 15 is 0 Å². The molecule has 0 radical (unpaired) electrons. The molecule has 0 aliphatic heterocycles. The maximum Gasteiger partial charge on any atom is 0.275 e. The van der Waals surface area contributed by atoms with Crippen LogP contribution in [0.15, 0.2) is 58.1 Å². The number of nitrogens with zero attached hydrogens (tertiary/aromatic N) is 1. The van der Waals surface area contributed by atoms with Gasteiger partial charge in [0.15, 0.2) is 0 Å². The Kier molecular flexibility index (Phi) is 6.08. The quantitative estimate of drug-likeness (QED) is 0.541. The van der Waals surface area contributed by atoms with Crippen molar-refractivity contribution in [3.8, 4) is 5.75 Å². The van der Waals surface area contributed by atoms with Gasteiger partial charge in [0.05, 0.1) is 12.0 Å². The SMILES string of the molecule is C/C(CC(=O)Nc1ccc(Br)cc1)=N/NC(=O)c1ccccc1O. The minimum Gasteiger partial charge on any atom is -0.507 e. The minimum absolute atomic E-state index is 0.0388. The van der Waals surface area contributed by atoms with Gasteiger partial charge in [-0.2, -0.15) is 5.10 Å². The Balaban J connectivity index is 1.89. The Morgan fingerprint density at radius 1 is 1.12 bits per heavy atom. The first-order valence-corrected chi connectivity index (χ1v) is 7.92. The van der Waals surface area contributed by atoms with E-state index in [1.165, 1.54) is 12.1 Å². The summed E-state index contributed by atoms with van der Waals surface area (Å²) in [5, 5.41) is 16.2. The average Bonchev–Trinajstić information content (AvgIpc) is 2.55. The standard InChI is InChI=1S/C17H16BrN3O3/c1-11(10-16(23)19-13-8-6-12(18)7-9-13)20-21-17(24)14-4-2-3-5-15(14)22/h2-9,22H,10H2,1H3,(H,19,23)(H,21,24)/b20-11-. The molecule has 2 rings (SSSR count). The first-order valence-electron chi connectivity index (χ1n) is 7.12.